The van der Waals surface area contributed by atoms with Crippen LogP contribution in [0.4, 0.5) is 11.4 Å². The second-order valence-electron chi connectivity index (χ2n) is 9.09. The molecule has 0 aromatic heterocycles. The van der Waals surface area contributed by atoms with Crippen molar-refractivity contribution in [1.29, 1.82) is 0 Å². The Morgan fingerprint density at radius 2 is 1.23 bits per heavy atom. The molecular formula is C26H35BrN3O4P. The Labute approximate surface area is 218 Å². The van der Waals surface area contributed by atoms with E-state index in [1.54, 1.807) is 0 Å². The zero-order chi connectivity index (χ0) is 24.9. The highest BCUT2D eigenvalue weighted by atomic mass is 79.9. The normalized spacial score (nSPS) is 16.9. The minimum atomic E-state index is -4.04. The van der Waals surface area contributed by atoms with Gasteiger partial charge in [0.05, 0.1) is 6.16 Å². The first-order valence-corrected chi connectivity index (χ1v) is 13.1. The lowest BCUT2D eigenvalue weighted by atomic mass is 9.94. The van der Waals surface area contributed by atoms with Crippen LogP contribution < -0.4 is 9.80 Å². The van der Waals surface area contributed by atoms with Crippen molar-refractivity contribution in [2.24, 2.45) is 0 Å². The number of carbonyl (C=O) groups is 1. The molecule has 1 heterocycles. The molecule has 35 heavy (non-hydrogen) atoms. The van der Waals surface area contributed by atoms with E-state index in [4.69, 9.17) is 0 Å². The fraction of sp³-hybridized carbons (Fsp3) is 0.346. The number of ketones is 1. The Morgan fingerprint density at radius 1 is 0.829 bits per heavy atom. The topological polar surface area (TPSA) is 84.3 Å². The summed E-state index contributed by atoms with van der Waals surface area (Å²) in [5.41, 5.74) is 5.41. The third kappa shape index (κ3) is 8.74. The van der Waals surface area contributed by atoms with Gasteiger partial charge < -0.3 is 19.6 Å². The summed E-state index contributed by atoms with van der Waals surface area (Å²) in [5.74, 6) is 0.0135. The molecule has 0 radical (unpaired) electrons. The highest BCUT2D eigenvalue weighted by Crippen LogP contribution is 2.35. The largest absolute Gasteiger partial charge is 0.378 e. The van der Waals surface area contributed by atoms with Crippen LogP contribution in [0.2, 0.25) is 0 Å². The Bertz CT molecular complexity index is 1030. The second-order valence-corrected chi connectivity index (χ2v) is 10.9. The molecule has 1 aliphatic heterocycles. The summed E-state index contributed by atoms with van der Waals surface area (Å²) in [7, 11) is 3.89. The lowest BCUT2D eigenvalue weighted by Gasteiger charge is -2.30. The number of likely N-dealkylation sites (tertiary alicyclic amines) is 1. The van der Waals surface area contributed by atoms with Crippen LogP contribution in [0.15, 0.2) is 59.7 Å². The molecule has 0 amide bonds. The Morgan fingerprint density at radius 3 is 1.57 bits per heavy atom. The van der Waals surface area contributed by atoms with Crippen LogP contribution in [-0.4, -0.2) is 74.5 Å². The molecule has 0 bridgehead atoms. The van der Waals surface area contributed by atoms with Gasteiger partial charge in [0.25, 0.3) is 0 Å². The first-order valence-electron chi connectivity index (χ1n) is 11.3. The molecule has 3 rings (SSSR count). The van der Waals surface area contributed by atoms with Crippen molar-refractivity contribution in [3.05, 3.63) is 70.8 Å². The number of anilines is 2. The van der Waals surface area contributed by atoms with Crippen LogP contribution in [0, 0.1) is 0 Å². The molecule has 2 aromatic rings. The van der Waals surface area contributed by atoms with E-state index in [0.717, 1.165) is 22.5 Å². The van der Waals surface area contributed by atoms with Gasteiger partial charge in [-0.2, -0.15) is 0 Å². The van der Waals surface area contributed by atoms with E-state index in [1.807, 2.05) is 98.7 Å². The minimum Gasteiger partial charge on any atom is -0.378 e. The molecular weight excluding hydrogens is 529 g/mol. The molecule has 1 saturated heterocycles. The zero-order valence-corrected chi connectivity index (χ0v) is 23.3. The van der Waals surface area contributed by atoms with Gasteiger partial charge in [-0.1, -0.05) is 24.3 Å². The Hall–Kier alpha value is -2.22. The Balaban J connectivity index is 0.00000432. The predicted molar refractivity (Wildman–Crippen MR) is 151 cm³/mol. The fourth-order valence-corrected chi connectivity index (χ4v) is 4.46. The van der Waals surface area contributed by atoms with Crippen molar-refractivity contribution in [1.82, 2.24) is 4.90 Å². The van der Waals surface area contributed by atoms with E-state index in [-0.39, 0.29) is 28.9 Å². The van der Waals surface area contributed by atoms with Crippen molar-refractivity contribution in [2.45, 2.75) is 6.42 Å². The maximum atomic E-state index is 13.4. The van der Waals surface area contributed by atoms with Gasteiger partial charge in [0.2, 0.25) is 0 Å². The molecule has 9 heteroatoms. The SMILES string of the molecule is Br.CN(C)c1ccc(/C=C2\CN(CCCP(=O)(O)O)C/C(=C\c3ccc(N(C)C)cc3)C2=O)cc1. The molecule has 2 N–H and O–H groups in total. The average Bonchev–Trinajstić information content (AvgIpc) is 2.76. The summed E-state index contributed by atoms with van der Waals surface area (Å²) in [4.78, 5) is 37.9. The smallest absolute Gasteiger partial charge is 0.325 e. The van der Waals surface area contributed by atoms with Crippen molar-refractivity contribution in [3.63, 3.8) is 0 Å². The number of rotatable bonds is 8. The van der Waals surface area contributed by atoms with Crippen LogP contribution in [0.5, 0.6) is 0 Å². The van der Waals surface area contributed by atoms with Crippen molar-refractivity contribution in [2.75, 3.05) is 63.8 Å². The van der Waals surface area contributed by atoms with Crippen molar-refractivity contribution >= 4 is 53.9 Å². The highest BCUT2D eigenvalue weighted by molar-refractivity contribution is 8.93. The quantitative estimate of drug-likeness (QED) is 0.365. The molecule has 7 nitrogen and oxygen atoms in total. The summed E-state index contributed by atoms with van der Waals surface area (Å²) in [6.07, 6.45) is 4.04. The zero-order valence-electron chi connectivity index (χ0n) is 20.7. The number of Topliss-reactive ketones (excluding diaryl/α,β-unsaturated/α-hetero) is 1. The third-order valence-corrected chi connectivity index (χ3v) is 6.69. The number of halogens is 1. The standard InChI is InChI=1S/C26H34N3O4P.BrH/c1-27(2)24-10-6-20(7-11-24)16-22-18-29(14-5-15-34(31,32)33)19-23(26(22)30)17-21-8-12-25(13-9-21)28(3)4;/h6-13,16-17H,5,14-15,18-19H2,1-4H3,(H2,31,32,33);1H/b22-16+,23-17+;. The Kier molecular flexibility index (Phi) is 10.5. The van der Waals surface area contributed by atoms with Crippen LogP contribution in [0.1, 0.15) is 17.5 Å². The number of benzene rings is 2. The number of hydrogen-bond donors (Lipinski definition) is 2. The van der Waals surface area contributed by atoms with Gasteiger partial charge in [-0.15, -0.1) is 17.0 Å². The van der Waals surface area contributed by atoms with Gasteiger partial charge in [-0.25, -0.2) is 0 Å². The lowest BCUT2D eigenvalue weighted by molar-refractivity contribution is -0.113. The molecule has 190 valence electrons. The van der Waals surface area contributed by atoms with E-state index in [1.165, 1.54) is 0 Å². The van der Waals surface area contributed by atoms with E-state index in [2.05, 4.69) is 4.90 Å². The van der Waals surface area contributed by atoms with Gasteiger partial charge >= 0.3 is 7.60 Å². The van der Waals surface area contributed by atoms with Crippen molar-refractivity contribution < 1.29 is 19.1 Å². The number of carbonyl (C=O) groups excluding carboxylic acids is 1. The summed E-state index contributed by atoms with van der Waals surface area (Å²) >= 11 is 0. The molecule has 1 fully saturated rings. The summed E-state index contributed by atoms with van der Waals surface area (Å²) in [5, 5.41) is 0. The predicted octanol–water partition coefficient (Wildman–Crippen LogP) is 4.32. The van der Waals surface area contributed by atoms with Crippen LogP contribution in [0.3, 0.4) is 0 Å². The first-order chi connectivity index (χ1) is 16.0. The summed E-state index contributed by atoms with van der Waals surface area (Å²) in [6, 6.07) is 16.0. The maximum absolute atomic E-state index is 13.4. The molecule has 0 saturated carbocycles. The van der Waals surface area contributed by atoms with E-state index in [0.29, 0.717) is 37.2 Å². The van der Waals surface area contributed by atoms with Crippen LogP contribution in [0.25, 0.3) is 12.2 Å². The average molecular weight is 564 g/mol. The second kappa shape index (κ2) is 12.7. The van der Waals surface area contributed by atoms with Gasteiger partial charge in [-0.3, -0.25) is 14.3 Å². The molecule has 2 aromatic carbocycles. The van der Waals surface area contributed by atoms with Gasteiger partial charge in [0.1, 0.15) is 0 Å². The van der Waals surface area contributed by atoms with Crippen LogP contribution >= 0.6 is 24.6 Å². The highest BCUT2D eigenvalue weighted by Gasteiger charge is 2.26. The van der Waals surface area contributed by atoms with E-state index in [9.17, 15) is 19.1 Å². The van der Waals surface area contributed by atoms with Crippen molar-refractivity contribution in [3.8, 4) is 0 Å². The van der Waals surface area contributed by atoms with Gasteiger partial charge in [-0.05, 0) is 60.5 Å². The molecule has 1 aliphatic rings. The molecule has 0 aliphatic carbocycles. The van der Waals surface area contributed by atoms with E-state index >= 15 is 0 Å². The molecule has 0 atom stereocenters. The molecule has 0 unspecified atom stereocenters. The number of piperidine rings is 1. The molecule has 0 spiro atoms. The van der Waals surface area contributed by atoms with Gasteiger partial charge in [0, 0.05) is 63.8 Å². The van der Waals surface area contributed by atoms with Gasteiger partial charge in [0.15, 0.2) is 5.78 Å². The van der Waals surface area contributed by atoms with E-state index < -0.39 is 7.60 Å². The number of nitrogens with zero attached hydrogens (tertiary/aromatic N) is 3. The first kappa shape index (κ1) is 29.0. The monoisotopic (exact) mass is 563 g/mol. The fourth-order valence-electron chi connectivity index (χ4n) is 3.91. The maximum Gasteiger partial charge on any atom is 0.325 e. The third-order valence-electron chi connectivity index (χ3n) is 5.80. The number of hydrogen-bond acceptors (Lipinski definition) is 5. The summed E-state index contributed by atoms with van der Waals surface area (Å²) in [6.45, 7) is 1.41. The van der Waals surface area contributed by atoms with Crippen LogP contribution in [-0.2, 0) is 9.36 Å². The minimum absolute atomic E-state index is 0. The summed E-state index contributed by atoms with van der Waals surface area (Å²) < 4.78 is 11.3. The lowest BCUT2D eigenvalue weighted by Crippen LogP contribution is -2.38.